The third kappa shape index (κ3) is 6.87. The molecule has 4 aromatic carbocycles. The first kappa shape index (κ1) is 29.8. The van der Waals surface area contributed by atoms with Crippen LogP contribution in [-0.4, -0.2) is 50.8 Å². The maximum atomic E-state index is 14.0. The Morgan fingerprint density at radius 1 is 0.930 bits per heavy atom. The van der Waals surface area contributed by atoms with Crippen LogP contribution in [0.25, 0.3) is 0 Å². The van der Waals surface area contributed by atoms with Crippen molar-refractivity contribution in [3.63, 3.8) is 0 Å². The zero-order valence-electron chi connectivity index (χ0n) is 24.0. The molecule has 0 saturated heterocycles. The normalized spacial score (nSPS) is 14.5. The molecule has 0 fully saturated rings. The van der Waals surface area contributed by atoms with Crippen LogP contribution in [0.5, 0.6) is 11.5 Å². The van der Waals surface area contributed by atoms with Crippen molar-refractivity contribution in [2.24, 2.45) is 0 Å². The second-order valence-corrected chi connectivity index (χ2v) is 12.1. The summed E-state index contributed by atoms with van der Waals surface area (Å²) in [6.07, 6.45) is -0.981. The Bertz CT molecular complexity index is 1700. The zero-order valence-corrected chi connectivity index (χ0v) is 24.8. The van der Waals surface area contributed by atoms with E-state index in [4.69, 9.17) is 9.47 Å². The summed E-state index contributed by atoms with van der Waals surface area (Å²) < 4.78 is 40.4. The van der Waals surface area contributed by atoms with E-state index in [9.17, 15) is 18.0 Å². The maximum Gasteiger partial charge on any atom is 0.263 e. The van der Waals surface area contributed by atoms with Crippen LogP contribution in [-0.2, 0) is 32.7 Å². The first-order valence-electron chi connectivity index (χ1n) is 13.8. The van der Waals surface area contributed by atoms with E-state index in [-0.39, 0.29) is 23.9 Å². The Labute approximate surface area is 251 Å². The zero-order chi connectivity index (χ0) is 30.4. The molecule has 0 aliphatic carbocycles. The molecular weight excluding hydrogens is 566 g/mol. The number of hydrogen-bond acceptors (Lipinski definition) is 6. The molecule has 5 rings (SSSR count). The minimum atomic E-state index is -4.11. The van der Waals surface area contributed by atoms with Crippen molar-refractivity contribution in [3.8, 4) is 11.5 Å². The number of benzene rings is 4. The van der Waals surface area contributed by atoms with E-state index in [0.717, 1.165) is 15.4 Å². The van der Waals surface area contributed by atoms with Crippen molar-refractivity contribution in [1.82, 2.24) is 9.62 Å². The Hall–Kier alpha value is -4.67. The van der Waals surface area contributed by atoms with Crippen LogP contribution in [0.15, 0.2) is 108 Å². The van der Waals surface area contributed by atoms with E-state index in [1.165, 1.54) is 24.1 Å². The van der Waals surface area contributed by atoms with Crippen LogP contribution in [0.2, 0.25) is 0 Å². The van der Waals surface area contributed by atoms with Crippen molar-refractivity contribution in [2.75, 3.05) is 25.1 Å². The number of rotatable bonds is 10. The number of carbonyl (C=O) groups is 2. The van der Waals surface area contributed by atoms with Crippen molar-refractivity contribution in [3.05, 3.63) is 120 Å². The fourth-order valence-corrected chi connectivity index (χ4v) is 6.38. The summed E-state index contributed by atoms with van der Waals surface area (Å²) in [6, 6.07) is 30.1. The first-order chi connectivity index (χ1) is 20.8. The molecule has 0 spiro atoms. The maximum absolute atomic E-state index is 14.0. The van der Waals surface area contributed by atoms with Gasteiger partial charge in [0.05, 0.1) is 30.8 Å². The highest BCUT2D eigenvalue weighted by molar-refractivity contribution is 7.89. The summed E-state index contributed by atoms with van der Waals surface area (Å²) in [5.41, 5.74) is 2.78. The molecule has 0 bridgehead atoms. The Kier molecular flexibility index (Phi) is 9.08. The number of anilines is 1. The molecule has 1 N–H and O–H groups in total. The van der Waals surface area contributed by atoms with E-state index in [1.54, 1.807) is 37.3 Å². The van der Waals surface area contributed by atoms with Gasteiger partial charge in [0.25, 0.3) is 5.91 Å². The van der Waals surface area contributed by atoms with Crippen molar-refractivity contribution < 1.29 is 27.5 Å². The van der Waals surface area contributed by atoms with Crippen LogP contribution < -0.4 is 19.7 Å². The Balaban J connectivity index is 1.41. The number of nitrogens with zero attached hydrogens (tertiary/aromatic N) is 2. The van der Waals surface area contributed by atoms with Gasteiger partial charge in [0.15, 0.2) is 6.10 Å². The van der Waals surface area contributed by atoms with Gasteiger partial charge in [-0.05, 0) is 53.9 Å². The van der Waals surface area contributed by atoms with Gasteiger partial charge in [-0.3, -0.25) is 9.59 Å². The molecule has 0 unspecified atom stereocenters. The highest BCUT2D eigenvalue weighted by Gasteiger charge is 2.36. The number of amides is 2. The summed E-state index contributed by atoms with van der Waals surface area (Å²) >= 11 is 0. The van der Waals surface area contributed by atoms with Crippen molar-refractivity contribution in [2.45, 2.75) is 31.0 Å². The first-order valence-corrected chi connectivity index (χ1v) is 15.3. The molecule has 0 radical (unpaired) electrons. The molecule has 10 heteroatoms. The smallest absolute Gasteiger partial charge is 0.263 e. The lowest BCUT2D eigenvalue weighted by Crippen LogP contribution is -2.52. The van der Waals surface area contributed by atoms with Gasteiger partial charge in [-0.1, -0.05) is 72.8 Å². The fourth-order valence-electron chi connectivity index (χ4n) is 4.92. The predicted molar refractivity (Wildman–Crippen MR) is 163 cm³/mol. The summed E-state index contributed by atoms with van der Waals surface area (Å²) in [5, 5.41) is 2.87. The van der Waals surface area contributed by atoms with Gasteiger partial charge in [-0.15, -0.1) is 0 Å². The number of fused-ring (bicyclic) bond motifs is 1. The summed E-state index contributed by atoms with van der Waals surface area (Å²) in [6.45, 7) is 1.52. The second kappa shape index (κ2) is 13.1. The van der Waals surface area contributed by atoms with Gasteiger partial charge in [0.2, 0.25) is 15.9 Å². The Morgan fingerprint density at radius 2 is 1.58 bits per heavy atom. The number of carbonyl (C=O) groups excluding carboxylic acids is 2. The minimum absolute atomic E-state index is 0.0209. The molecule has 9 nitrogen and oxygen atoms in total. The minimum Gasteiger partial charge on any atom is -0.496 e. The van der Waals surface area contributed by atoms with Crippen LogP contribution >= 0.6 is 0 Å². The molecule has 1 atom stereocenters. The van der Waals surface area contributed by atoms with Gasteiger partial charge in [-0.2, -0.15) is 4.31 Å². The summed E-state index contributed by atoms with van der Waals surface area (Å²) in [4.78, 5) is 28.6. The lowest BCUT2D eigenvalue weighted by atomic mass is 10.1. The molecule has 0 saturated carbocycles. The SMILES string of the molecule is COc1ccc(S(=O)(=O)N(CC(=O)N2C[C@H](C(=O)NCc3ccccc3)Oc3ccccc32)Cc2ccccc2)cc1C. The standard InChI is InChI=1S/C33H33N3O6S/c1-24-19-27(17-18-29(24)41-2)43(39,40)35(21-26-13-7-4-8-14-26)23-32(37)36-22-31(42-30-16-10-9-15-28(30)36)33(38)34-20-25-11-5-3-6-12-25/h3-19,31H,20-23H2,1-2H3,(H,34,38)/t31-/m1/s1. The van der Waals surface area contributed by atoms with Gasteiger partial charge in [-0.25, -0.2) is 8.42 Å². The summed E-state index contributed by atoms with van der Waals surface area (Å²) in [7, 11) is -2.59. The topological polar surface area (TPSA) is 105 Å². The number of hydrogen-bond donors (Lipinski definition) is 1. The van der Waals surface area contributed by atoms with Crippen LogP contribution in [0.1, 0.15) is 16.7 Å². The largest absolute Gasteiger partial charge is 0.496 e. The summed E-state index contributed by atoms with van der Waals surface area (Å²) in [5.74, 6) is 0.0660. The fraction of sp³-hybridized carbons (Fsp3) is 0.212. The molecule has 2 amide bonds. The highest BCUT2D eigenvalue weighted by atomic mass is 32.2. The number of ether oxygens (including phenoxy) is 2. The molecule has 1 aliphatic rings. The molecule has 1 heterocycles. The third-order valence-corrected chi connectivity index (χ3v) is 8.98. The van der Waals surface area contributed by atoms with Crippen LogP contribution in [0, 0.1) is 6.92 Å². The van der Waals surface area contributed by atoms with Crippen molar-refractivity contribution >= 4 is 27.5 Å². The molecule has 0 aromatic heterocycles. The highest BCUT2D eigenvalue weighted by Crippen LogP contribution is 2.34. The quantitative estimate of drug-likeness (QED) is 0.291. The molecule has 1 aliphatic heterocycles. The van der Waals surface area contributed by atoms with E-state index in [1.807, 2.05) is 60.7 Å². The number of sulfonamides is 1. The van der Waals surface area contributed by atoms with E-state index in [2.05, 4.69) is 5.32 Å². The van der Waals surface area contributed by atoms with Crippen LogP contribution in [0.4, 0.5) is 5.69 Å². The number of nitrogens with one attached hydrogen (secondary N) is 1. The lowest BCUT2D eigenvalue weighted by molar-refractivity contribution is -0.128. The van der Waals surface area contributed by atoms with Crippen LogP contribution in [0.3, 0.4) is 0 Å². The van der Waals surface area contributed by atoms with E-state index in [0.29, 0.717) is 29.3 Å². The Morgan fingerprint density at radius 3 is 2.26 bits per heavy atom. The van der Waals surface area contributed by atoms with E-state index < -0.39 is 28.6 Å². The van der Waals surface area contributed by atoms with Gasteiger partial charge >= 0.3 is 0 Å². The second-order valence-electron chi connectivity index (χ2n) is 10.2. The third-order valence-electron chi connectivity index (χ3n) is 7.19. The van der Waals surface area contributed by atoms with Gasteiger partial charge < -0.3 is 19.7 Å². The monoisotopic (exact) mass is 599 g/mol. The average Bonchev–Trinajstić information content (AvgIpc) is 3.03. The van der Waals surface area contributed by atoms with E-state index >= 15 is 0 Å². The molecule has 222 valence electrons. The molecular formula is C33H33N3O6S. The predicted octanol–water partition coefficient (Wildman–Crippen LogP) is 4.31. The lowest BCUT2D eigenvalue weighted by Gasteiger charge is -2.35. The van der Waals surface area contributed by atoms with Gasteiger partial charge in [0, 0.05) is 13.1 Å². The number of aryl methyl sites for hydroxylation is 1. The number of para-hydroxylation sites is 2. The molecule has 43 heavy (non-hydrogen) atoms. The number of methoxy groups -OCH3 is 1. The average molecular weight is 600 g/mol. The molecule has 4 aromatic rings. The van der Waals surface area contributed by atoms with Crippen molar-refractivity contribution in [1.29, 1.82) is 0 Å². The van der Waals surface area contributed by atoms with Gasteiger partial charge in [0.1, 0.15) is 11.5 Å².